The van der Waals surface area contributed by atoms with E-state index in [1.165, 1.54) is 65.7 Å². The summed E-state index contributed by atoms with van der Waals surface area (Å²) in [6.07, 6.45) is 0. The van der Waals surface area contributed by atoms with Crippen molar-refractivity contribution in [2.24, 2.45) is 0 Å². The lowest BCUT2D eigenvalue weighted by Gasteiger charge is -2.28. The molecule has 0 radical (unpaired) electrons. The molecule has 262 valence electrons. The van der Waals surface area contributed by atoms with E-state index in [1.54, 1.807) is 0 Å². The van der Waals surface area contributed by atoms with Gasteiger partial charge in [-0.1, -0.05) is 182 Å². The van der Waals surface area contributed by atoms with Crippen LogP contribution in [0.3, 0.4) is 0 Å². The van der Waals surface area contributed by atoms with Crippen LogP contribution in [0, 0.1) is 0 Å². The monoisotopic (exact) mass is 712 g/mol. The van der Waals surface area contributed by atoms with E-state index in [1.807, 2.05) is 6.07 Å². The van der Waals surface area contributed by atoms with Crippen LogP contribution in [-0.4, -0.2) is 9.97 Å². The summed E-state index contributed by atoms with van der Waals surface area (Å²) < 4.78 is 0. The number of nitrogens with zero attached hydrogens (tertiary/aromatic N) is 2. The lowest BCUT2D eigenvalue weighted by Crippen LogP contribution is -2.22. The summed E-state index contributed by atoms with van der Waals surface area (Å²) in [4.78, 5) is 10.7. The summed E-state index contributed by atoms with van der Waals surface area (Å²) >= 11 is 0. The molecule has 0 saturated heterocycles. The van der Waals surface area contributed by atoms with E-state index in [9.17, 15) is 0 Å². The molecule has 56 heavy (non-hydrogen) atoms. The minimum Gasteiger partial charge on any atom is -0.228 e. The molecule has 1 aliphatic carbocycles. The molecule has 11 rings (SSSR count). The normalized spacial score (nSPS) is 14.6. The molecular formula is C54H36N2. The van der Waals surface area contributed by atoms with Crippen molar-refractivity contribution >= 4 is 32.3 Å². The van der Waals surface area contributed by atoms with Gasteiger partial charge in [0.05, 0.1) is 11.4 Å². The van der Waals surface area contributed by atoms with Crippen molar-refractivity contribution < 1.29 is 0 Å². The van der Waals surface area contributed by atoms with Crippen LogP contribution in [0.15, 0.2) is 200 Å². The van der Waals surface area contributed by atoms with E-state index < -0.39 is 0 Å². The Morgan fingerprint density at radius 1 is 0.357 bits per heavy atom. The Morgan fingerprint density at radius 3 is 1.80 bits per heavy atom. The molecule has 0 bridgehead atoms. The lowest BCUT2D eigenvalue weighted by atomic mass is 9.74. The van der Waals surface area contributed by atoms with E-state index in [0.29, 0.717) is 5.82 Å². The predicted molar refractivity (Wildman–Crippen MR) is 234 cm³/mol. The molecule has 2 nitrogen and oxygen atoms in total. The van der Waals surface area contributed by atoms with Gasteiger partial charge in [-0.15, -0.1) is 0 Å². The first kappa shape index (κ1) is 32.3. The summed E-state index contributed by atoms with van der Waals surface area (Å²) in [5, 5.41) is 7.41. The minimum atomic E-state index is -0.261. The first-order valence-electron chi connectivity index (χ1n) is 19.3. The van der Waals surface area contributed by atoms with Crippen molar-refractivity contribution in [3.8, 4) is 56.2 Å². The first-order chi connectivity index (χ1) is 27.6. The highest BCUT2D eigenvalue weighted by Crippen LogP contribution is 2.53. The van der Waals surface area contributed by atoms with Gasteiger partial charge in [-0.3, -0.25) is 0 Å². The number of hydrogen-bond acceptors (Lipinski definition) is 2. The minimum absolute atomic E-state index is 0.261. The van der Waals surface area contributed by atoms with Gasteiger partial charge in [0, 0.05) is 22.1 Å². The summed E-state index contributed by atoms with van der Waals surface area (Å²) in [6, 6.07) is 72.3. The zero-order chi connectivity index (χ0) is 37.2. The third-order valence-electron chi connectivity index (χ3n) is 12.0. The Kier molecular flexibility index (Phi) is 7.33. The number of benzene rings is 9. The van der Waals surface area contributed by atoms with Crippen LogP contribution >= 0.6 is 0 Å². The fourth-order valence-corrected chi connectivity index (χ4v) is 9.23. The van der Waals surface area contributed by atoms with Crippen LogP contribution in [0.2, 0.25) is 0 Å². The maximum absolute atomic E-state index is 5.36. The van der Waals surface area contributed by atoms with Gasteiger partial charge >= 0.3 is 0 Å². The quantitative estimate of drug-likeness (QED) is 0.131. The molecular weight excluding hydrogens is 677 g/mol. The van der Waals surface area contributed by atoms with Gasteiger partial charge in [-0.25, -0.2) is 9.97 Å². The molecule has 10 aromatic rings. The summed E-state index contributed by atoms with van der Waals surface area (Å²) in [5.74, 6) is 0.705. The van der Waals surface area contributed by atoms with Crippen molar-refractivity contribution in [3.63, 3.8) is 0 Å². The van der Waals surface area contributed by atoms with Crippen molar-refractivity contribution in [3.05, 3.63) is 217 Å². The average molecular weight is 713 g/mol. The second-order valence-electron chi connectivity index (χ2n) is 15.0. The largest absolute Gasteiger partial charge is 0.228 e. The van der Waals surface area contributed by atoms with Crippen molar-refractivity contribution in [1.82, 2.24) is 9.97 Å². The Bertz CT molecular complexity index is 3150. The lowest BCUT2D eigenvalue weighted by molar-refractivity contribution is 0.714. The van der Waals surface area contributed by atoms with Gasteiger partial charge in [0.2, 0.25) is 0 Å². The van der Waals surface area contributed by atoms with Gasteiger partial charge in [0.25, 0.3) is 0 Å². The van der Waals surface area contributed by atoms with Crippen molar-refractivity contribution in [1.29, 1.82) is 0 Å². The van der Waals surface area contributed by atoms with Gasteiger partial charge in [-0.2, -0.15) is 0 Å². The summed E-state index contributed by atoms with van der Waals surface area (Å²) in [6.45, 7) is 2.36. The number of hydrogen-bond donors (Lipinski definition) is 0. The fourth-order valence-electron chi connectivity index (χ4n) is 9.23. The first-order valence-corrected chi connectivity index (χ1v) is 19.3. The molecule has 1 heterocycles. The van der Waals surface area contributed by atoms with E-state index >= 15 is 0 Å². The van der Waals surface area contributed by atoms with E-state index in [2.05, 4.69) is 201 Å². The van der Waals surface area contributed by atoms with Crippen LogP contribution in [0.25, 0.3) is 88.5 Å². The number of rotatable bonds is 5. The predicted octanol–water partition coefficient (Wildman–Crippen LogP) is 13.9. The molecule has 0 fully saturated rings. The molecule has 0 N–H and O–H groups in total. The third-order valence-corrected chi connectivity index (χ3v) is 12.0. The van der Waals surface area contributed by atoms with Crippen LogP contribution in [0.1, 0.15) is 23.6 Å². The van der Waals surface area contributed by atoms with Gasteiger partial charge in [-0.05, 0) is 96.4 Å². The molecule has 9 aromatic carbocycles. The highest BCUT2D eigenvalue weighted by atomic mass is 14.9. The van der Waals surface area contributed by atoms with Crippen LogP contribution in [0.4, 0.5) is 0 Å². The van der Waals surface area contributed by atoms with Crippen LogP contribution in [-0.2, 0) is 5.41 Å². The van der Waals surface area contributed by atoms with E-state index in [-0.39, 0.29) is 5.41 Å². The van der Waals surface area contributed by atoms with E-state index in [0.717, 1.165) is 33.6 Å². The van der Waals surface area contributed by atoms with Gasteiger partial charge in [0.15, 0.2) is 5.82 Å². The maximum atomic E-state index is 5.36. The molecule has 1 unspecified atom stereocenters. The summed E-state index contributed by atoms with van der Waals surface area (Å²) in [5.41, 5.74) is 13.5. The molecule has 0 saturated carbocycles. The Hall–Kier alpha value is -7.16. The Labute approximate surface area is 326 Å². The van der Waals surface area contributed by atoms with Crippen molar-refractivity contribution in [2.75, 3.05) is 0 Å². The zero-order valence-electron chi connectivity index (χ0n) is 30.9. The molecule has 0 aliphatic heterocycles. The van der Waals surface area contributed by atoms with E-state index in [4.69, 9.17) is 9.97 Å². The molecule has 0 amide bonds. The standard InChI is InChI=1S/C54H36N2/c1-54(39-20-6-3-7-21-39)48-27-15-14-24-42(48)47-33-38(29-31-49(47)54)50-34-51(56-53(55-50)36-17-4-2-5-18-36)43-25-12-13-26-44(43)52-41-23-11-9-19-37(41)32-46-40-22-10-8-16-35(40)28-30-45(46)52/h2-34H,1H3. The molecule has 0 spiro atoms. The van der Waals surface area contributed by atoms with Gasteiger partial charge < -0.3 is 0 Å². The second-order valence-corrected chi connectivity index (χ2v) is 15.0. The van der Waals surface area contributed by atoms with Crippen LogP contribution < -0.4 is 0 Å². The van der Waals surface area contributed by atoms with Crippen LogP contribution in [0.5, 0.6) is 0 Å². The SMILES string of the molecule is CC1(c2ccccc2)c2ccccc2-c2cc(-c3cc(-c4ccccc4-c4c5ccccc5cc5c4ccc4ccccc45)nc(-c4ccccc4)n3)ccc21. The Balaban J connectivity index is 1.15. The average Bonchev–Trinajstić information content (AvgIpc) is 3.54. The third kappa shape index (κ3) is 4.96. The molecule has 1 aromatic heterocycles. The number of aromatic nitrogens is 2. The van der Waals surface area contributed by atoms with Gasteiger partial charge in [0.1, 0.15) is 0 Å². The second kappa shape index (κ2) is 12.7. The highest BCUT2D eigenvalue weighted by Gasteiger charge is 2.40. The summed E-state index contributed by atoms with van der Waals surface area (Å²) in [7, 11) is 0. The molecule has 1 aliphatic rings. The molecule has 1 atom stereocenters. The number of fused-ring (bicyclic) bond motifs is 7. The maximum Gasteiger partial charge on any atom is 0.160 e. The smallest absolute Gasteiger partial charge is 0.160 e. The fraction of sp³-hybridized carbons (Fsp3) is 0.0370. The molecule has 2 heteroatoms. The Morgan fingerprint density at radius 2 is 0.982 bits per heavy atom. The topological polar surface area (TPSA) is 25.8 Å². The highest BCUT2D eigenvalue weighted by molar-refractivity contribution is 6.21. The van der Waals surface area contributed by atoms with Crippen molar-refractivity contribution in [2.45, 2.75) is 12.3 Å². The zero-order valence-corrected chi connectivity index (χ0v) is 30.9.